The minimum Gasteiger partial charge on any atom is -0.479 e. The van der Waals surface area contributed by atoms with Crippen LogP contribution in [0.1, 0.15) is 12.5 Å². The van der Waals surface area contributed by atoms with E-state index in [1.54, 1.807) is 50.4 Å². The Morgan fingerprint density at radius 2 is 1.86 bits per heavy atom. The van der Waals surface area contributed by atoms with Gasteiger partial charge in [0.05, 0.1) is 5.02 Å². The molecule has 5 heteroatoms. The van der Waals surface area contributed by atoms with Gasteiger partial charge in [-0.15, -0.1) is 0 Å². The molecule has 0 N–H and O–H groups in total. The lowest BCUT2D eigenvalue weighted by Crippen LogP contribution is -2.37. The normalized spacial score (nSPS) is 11.8. The number of halogens is 2. The first-order valence-corrected chi connectivity index (χ1v) is 7.26. The molecule has 1 unspecified atom stereocenters. The highest BCUT2D eigenvalue weighted by atomic mass is 35.5. The Morgan fingerprint density at radius 3 is 2.50 bits per heavy atom. The number of ether oxygens (including phenoxy) is 1. The summed E-state index contributed by atoms with van der Waals surface area (Å²) in [6, 6.07) is 13.1. The van der Waals surface area contributed by atoms with E-state index >= 15 is 0 Å². The third-order valence-corrected chi connectivity index (χ3v) is 3.51. The van der Waals surface area contributed by atoms with Gasteiger partial charge in [0, 0.05) is 13.6 Å². The summed E-state index contributed by atoms with van der Waals surface area (Å²) < 4.78 is 18.5. The molecule has 0 aliphatic heterocycles. The molecular weight excluding hydrogens is 305 g/mol. The second-order valence-corrected chi connectivity index (χ2v) is 5.42. The van der Waals surface area contributed by atoms with Gasteiger partial charge in [0.2, 0.25) is 0 Å². The second kappa shape index (κ2) is 7.27. The van der Waals surface area contributed by atoms with Crippen molar-refractivity contribution >= 4 is 17.5 Å². The molecule has 1 atom stereocenters. The molecule has 22 heavy (non-hydrogen) atoms. The Kier molecular flexibility index (Phi) is 5.39. The molecule has 1 amide bonds. The van der Waals surface area contributed by atoms with Crippen LogP contribution in [-0.2, 0) is 11.3 Å². The van der Waals surface area contributed by atoms with Gasteiger partial charge in [-0.2, -0.15) is 0 Å². The van der Waals surface area contributed by atoms with Gasteiger partial charge in [-0.05, 0) is 36.8 Å². The van der Waals surface area contributed by atoms with E-state index in [9.17, 15) is 9.18 Å². The van der Waals surface area contributed by atoms with E-state index in [0.717, 1.165) is 5.56 Å². The molecular formula is C17H17ClFNO2. The SMILES string of the molecule is CC(Oc1ccccc1Cl)C(=O)N(C)Cc1ccc(F)cc1. The van der Waals surface area contributed by atoms with Crippen molar-refractivity contribution in [2.45, 2.75) is 19.6 Å². The monoisotopic (exact) mass is 321 g/mol. The smallest absolute Gasteiger partial charge is 0.263 e. The Labute approximate surface area is 134 Å². The minimum absolute atomic E-state index is 0.177. The first-order chi connectivity index (χ1) is 10.5. The maximum absolute atomic E-state index is 12.9. The Morgan fingerprint density at radius 1 is 1.23 bits per heavy atom. The predicted octanol–water partition coefficient (Wildman–Crippen LogP) is 3.91. The molecule has 0 radical (unpaired) electrons. The van der Waals surface area contributed by atoms with Crippen LogP contribution in [-0.4, -0.2) is 24.0 Å². The van der Waals surface area contributed by atoms with Crippen LogP contribution in [0.4, 0.5) is 4.39 Å². The maximum atomic E-state index is 12.9. The lowest BCUT2D eigenvalue weighted by atomic mass is 10.2. The van der Waals surface area contributed by atoms with Gasteiger partial charge in [-0.25, -0.2) is 4.39 Å². The van der Waals surface area contributed by atoms with E-state index < -0.39 is 6.10 Å². The molecule has 0 saturated carbocycles. The highest BCUT2D eigenvalue weighted by molar-refractivity contribution is 6.32. The van der Waals surface area contributed by atoms with Gasteiger partial charge in [-0.1, -0.05) is 35.9 Å². The zero-order chi connectivity index (χ0) is 16.1. The summed E-state index contributed by atoms with van der Waals surface area (Å²) in [5.74, 6) is -0.00223. The van der Waals surface area contributed by atoms with Gasteiger partial charge in [0.15, 0.2) is 6.10 Å². The molecule has 116 valence electrons. The fraction of sp³-hybridized carbons (Fsp3) is 0.235. The van der Waals surface area contributed by atoms with E-state index in [2.05, 4.69) is 0 Å². The molecule has 0 aromatic heterocycles. The molecule has 2 rings (SSSR count). The Bertz CT molecular complexity index is 645. The lowest BCUT2D eigenvalue weighted by Gasteiger charge is -2.22. The predicted molar refractivity (Wildman–Crippen MR) is 84.4 cm³/mol. The zero-order valence-corrected chi connectivity index (χ0v) is 13.2. The third kappa shape index (κ3) is 4.21. The van der Waals surface area contributed by atoms with Crippen LogP contribution in [0.2, 0.25) is 5.02 Å². The van der Waals surface area contributed by atoms with Gasteiger partial charge in [0.25, 0.3) is 5.91 Å². The van der Waals surface area contributed by atoms with Crippen molar-refractivity contribution < 1.29 is 13.9 Å². The minimum atomic E-state index is -0.662. The van der Waals surface area contributed by atoms with Crippen LogP contribution in [0.15, 0.2) is 48.5 Å². The molecule has 2 aromatic carbocycles. The number of nitrogens with zero attached hydrogens (tertiary/aromatic N) is 1. The molecule has 0 heterocycles. The molecule has 0 aliphatic carbocycles. The molecule has 3 nitrogen and oxygen atoms in total. The van der Waals surface area contributed by atoms with Gasteiger partial charge >= 0.3 is 0 Å². The van der Waals surface area contributed by atoms with Crippen LogP contribution in [0, 0.1) is 5.82 Å². The van der Waals surface area contributed by atoms with Gasteiger partial charge in [-0.3, -0.25) is 4.79 Å². The van der Waals surface area contributed by atoms with Crippen LogP contribution < -0.4 is 4.74 Å². The van der Waals surface area contributed by atoms with Crippen molar-refractivity contribution in [2.24, 2.45) is 0 Å². The van der Waals surface area contributed by atoms with Crippen LogP contribution in [0.25, 0.3) is 0 Å². The van der Waals surface area contributed by atoms with E-state index in [1.807, 2.05) is 0 Å². The van der Waals surface area contributed by atoms with Crippen molar-refractivity contribution in [1.82, 2.24) is 4.90 Å². The fourth-order valence-corrected chi connectivity index (χ4v) is 2.21. The van der Waals surface area contributed by atoms with Gasteiger partial charge in [0.1, 0.15) is 11.6 Å². The number of carbonyl (C=O) groups is 1. The van der Waals surface area contributed by atoms with Gasteiger partial charge < -0.3 is 9.64 Å². The molecule has 0 saturated heterocycles. The van der Waals surface area contributed by atoms with E-state index in [-0.39, 0.29) is 11.7 Å². The Balaban J connectivity index is 1.97. The maximum Gasteiger partial charge on any atom is 0.263 e. The number of carbonyl (C=O) groups excluding carboxylic acids is 1. The molecule has 2 aromatic rings. The van der Waals surface area contributed by atoms with E-state index in [4.69, 9.17) is 16.3 Å². The summed E-state index contributed by atoms with van der Waals surface area (Å²) >= 11 is 6.01. The Hall–Kier alpha value is -2.07. The van der Waals surface area contributed by atoms with E-state index in [1.165, 1.54) is 17.0 Å². The summed E-state index contributed by atoms with van der Waals surface area (Å²) in [6.45, 7) is 2.06. The quantitative estimate of drug-likeness (QED) is 0.835. The highest BCUT2D eigenvalue weighted by Crippen LogP contribution is 2.24. The van der Waals surface area contributed by atoms with Crippen LogP contribution >= 0.6 is 11.6 Å². The zero-order valence-electron chi connectivity index (χ0n) is 12.4. The fourth-order valence-electron chi connectivity index (χ4n) is 2.03. The average molecular weight is 322 g/mol. The number of benzene rings is 2. The van der Waals surface area contributed by atoms with Crippen molar-refractivity contribution in [3.05, 3.63) is 64.9 Å². The number of rotatable bonds is 5. The van der Waals surface area contributed by atoms with E-state index in [0.29, 0.717) is 17.3 Å². The first kappa shape index (κ1) is 16.3. The molecule has 0 spiro atoms. The number of para-hydroxylation sites is 1. The summed E-state index contributed by atoms with van der Waals surface area (Å²) in [5.41, 5.74) is 0.849. The summed E-state index contributed by atoms with van der Waals surface area (Å²) in [4.78, 5) is 13.9. The largest absolute Gasteiger partial charge is 0.479 e. The van der Waals surface area contributed by atoms with Crippen molar-refractivity contribution in [3.8, 4) is 5.75 Å². The standard InChI is InChI=1S/C17H17ClFNO2/c1-12(22-16-6-4-3-5-15(16)18)17(21)20(2)11-13-7-9-14(19)10-8-13/h3-10,12H,11H2,1-2H3. The molecule has 0 fully saturated rings. The summed E-state index contributed by atoms with van der Waals surface area (Å²) in [5, 5.41) is 0.461. The van der Waals surface area contributed by atoms with Crippen LogP contribution in [0.5, 0.6) is 5.75 Å². The van der Waals surface area contributed by atoms with Crippen molar-refractivity contribution in [2.75, 3.05) is 7.05 Å². The number of amides is 1. The average Bonchev–Trinajstić information content (AvgIpc) is 2.51. The third-order valence-electron chi connectivity index (χ3n) is 3.20. The second-order valence-electron chi connectivity index (χ2n) is 5.01. The number of likely N-dealkylation sites (N-methyl/N-ethyl adjacent to an activating group) is 1. The number of hydrogen-bond donors (Lipinski definition) is 0. The molecule has 0 bridgehead atoms. The topological polar surface area (TPSA) is 29.5 Å². The van der Waals surface area contributed by atoms with Crippen LogP contribution in [0.3, 0.4) is 0 Å². The summed E-state index contributed by atoms with van der Waals surface area (Å²) in [6.07, 6.45) is -0.662. The first-order valence-electron chi connectivity index (χ1n) is 6.88. The number of hydrogen-bond acceptors (Lipinski definition) is 2. The lowest BCUT2D eigenvalue weighted by molar-refractivity contribution is -0.137. The highest BCUT2D eigenvalue weighted by Gasteiger charge is 2.20. The van der Waals surface area contributed by atoms with Crippen molar-refractivity contribution in [3.63, 3.8) is 0 Å². The summed E-state index contributed by atoms with van der Waals surface area (Å²) in [7, 11) is 1.68. The molecule has 0 aliphatic rings. The van der Waals surface area contributed by atoms with Crippen molar-refractivity contribution in [1.29, 1.82) is 0 Å².